The number of amides is 1. The molecule has 226 valence electrons. The molecule has 6 heteroatoms. The molecule has 41 heavy (non-hydrogen) atoms. The van der Waals surface area contributed by atoms with Crippen LogP contribution in [-0.2, 0) is 9.53 Å². The number of nitrogens with zero attached hydrogens (tertiary/aromatic N) is 3. The topological polar surface area (TPSA) is 82.8 Å². The number of rotatable bonds is 13. The molecule has 2 unspecified atom stereocenters. The van der Waals surface area contributed by atoms with Crippen LogP contribution in [0.2, 0.25) is 0 Å². The quantitative estimate of drug-likeness (QED) is 0.0972. The molecular weight excluding hydrogens is 510 g/mol. The Morgan fingerprint density at radius 3 is 2.27 bits per heavy atom. The molecule has 1 saturated carbocycles. The molecule has 3 atom stereocenters. The lowest BCUT2D eigenvalue weighted by Gasteiger charge is -2.33. The van der Waals surface area contributed by atoms with E-state index in [0.29, 0.717) is 36.2 Å². The number of nitriles is 1. The molecule has 0 saturated heterocycles. The minimum absolute atomic E-state index is 0.0243. The number of aldehydes is 1. The summed E-state index contributed by atoms with van der Waals surface area (Å²) < 4.78 is 5.70. The van der Waals surface area contributed by atoms with Crippen LogP contribution in [0.4, 0.5) is 4.79 Å². The van der Waals surface area contributed by atoms with Gasteiger partial charge >= 0.3 is 6.09 Å². The van der Waals surface area contributed by atoms with Crippen LogP contribution in [0.15, 0.2) is 64.2 Å². The van der Waals surface area contributed by atoms with E-state index in [4.69, 9.17) is 4.74 Å². The number of allylic oxidation sites excluding steroid dienone is 7. The van der Waals surface area contributed by atoms with Gasteiger partial charge in [-0.25, -0.2) is 4.79 Å². The van der Waals surface area contributed by atoms with E-state index in [-0.39, 0.29) is 29.9 Å². The number of carbonyl (C=O) groups is 2. The molecule has 1 amide bonds. The Morgan fingerprint density at radius 2 is 1.78 bits per heavy atom. The van der Waals surface area contributed by atoms with Crippen LogP contribution >= 0.6 is 0 Å². The second kappa shape index (κ2) is 16.3. The molecule has 0 N–H and O–H groups in total. The SMILES string of the molecule is C=C(C)/C(C(=C)CC[C@@H](C)N(CC(C)C)C(=O)OC(C)(C)C)=C(C(\C)=N/C)/C(C=O)=C\C(=C)C1CCCC(C#N)C1. The highest BCUT2D eigenvalue weighted by Gasteiger charge is 2.28. The van der Waals surface area contributed by atoms with Gasteiger partial charge in [-0.2, -0.15) is 5.26 Å². The summed E-state index contributed by atoms with van der Waals surface area (Å²) in [7, 11) is 1.71. The smallest absolute Gasteiger partial charge is 0.410 e. The van der Waals surface area contributed by atoms with Crippen LogP contribution in [0, 0.1) is 29.1 Å². The zero-order valence-electron chi connectivity index (χ0n) is 27.1. The van der Waals surface area contributed by atoms with Crippen molar-refractivity contribution in [3.63, 3.8) is 0 Å². The standard InChI is InChI=1S/C35H53N3O3/c1-23(2)21-38(34(40)41-35(9,10)11)27(7)17-16-25(5)32(24(3)4)33(28(8)37-12)31(22-39)18-26(6)30-15-13-14-29(19-30)20-36/h18,22-23,27,29-30H,3,5-6,13-17,19,21H2,1-2,4,7-12H3/b31-18-,33-32-,37-28-/t27-,29?,30?/m1/s1. The van der Waals surface area contributed by atoms with Gasteiger partial charge in [0.15, 0.2) is 6.29 Å². The van der Waals surface area contributed by atoms with E-state index in [1.807, 2.05) is 47.6 Å². The zero-order chi connectivity index (χ0) is 31.5. The molecule has 1 fully saturated rings. The minimum atomic E-state index is -0.577. The van der Waals surface area contributed by atoms with Crippen LogP contribution in [0.5, 0.6) is 0 Å². The third kappa shape index (κ3) is 11.3. The molecular formula is C35H53N3O3. The van der Waals surface area contributed by atoms with Gasteiger partial charge in [-0.05, 0) is 103 Å². The van der Waals surface area contributed by atoms with Gasteiger partial charge in [0.2, 0.25) is 0 Å². The fourth-order valence-corrected chi connectivity index (χ4v) is 5.28. The van der Waals surface area contributed by atoms with Crippen molar-refractivity contribution in [3.8, 4) is 6.07 Å². The third-order valence-corrected chi connectivity index (χ3v) is 7.45. The fourth-order valence-electron chi connectivity index (χ4n) is 5.28. The Morgan fingerprint density at radius 1 is 1.15 bits per heavy atom. The van der Waals surface area contributed by atoms with Crippen LogP contribution in [0.1, 0.15) is 93.9 Å². The van der Waals surface area contributed by atoms with E-state index in [9.17, 15) is 14.9 Å². The summed E-state index contributed by atoms with van der Waals surface area (Å²) in [4.78, 5) is 31.8. The van der Waals surface area contributed by atoms with Crippen molar-refractivity contribution in [2.45, 2.75) is 106 Å². The molecule has 0 aromatic carbocycles. The monoisotopic (exact) mass is 563 g/mol. The second-order valence-corrected chi connectivity index (χ2v) is 12.8. The summed E-state index contributed by atoms with van der Waals surface area (Å²) in [6.07, 6.45) is 7.27. The summed E-state index contributed by atoms with van der Waals surface area (Å²) in [5.41, 5.74) is 4.59. The van der Waals surface area contributed by atoms with Crippen molar-refractivity contribution in [3.05, 3.63) is 59.3 Å². The highest BCUT2D eigenvalue weighted by Crippen LogP contribution is 2.35. The van der Waals surface area contributed by atoms with Gasteiger partial charge in [0.05, 0.1) is 6.07 Å². The highest BCUT2D eigenvalue weighted by atomic mass is 16.6. The van der Waals surface area contributed by atoms with Crippen LogP contribution in [0.25, 0.3) is 0 Å². The number of aliphatic imine (C=N–C) groups is 1. The predicted octanol–water partition coefficient (Wildman–Crippen LogP) is 8.58. The van der Waals surface area contributed by atoms with E-state index in [1.165, 1.54) is 0 Å². The maximum atomic E-state index is 13.0. The van der Waals surface area contributed by atoms with Gasteiger partial charge in [-0.1, -0.05) is 51.2 Å². The van der Waals surface area contributed by atoms with Crippen LogP contribution in [-0.4, -0.2) is 48.2 Å². The van der Waals surface area contributed by atoms with Crippen LogP contribution in [0.3, 0.4) is 0 Å². The van der Waals surface area contributed by atoms with Crippen molar-refractivity contribution in [2.75, 3.05) is 13.6 Å². The van der Waals surface area contributed by atoms with Gasteiger partial charge in [-0.15, -0.1) is 0 Å². The second-order valence-electron chi connectivity index (χ2n) is 12.8. The molecule has 0 aromatic heterocycles. The van der Waals surface area contributed by atoms with Crippen molar-refractivity contribution >= 4 is 18.1 Å². The average molecular weight is 564 g/mol. The Balaban J connectivity index is 3.39. The summed E-state index contributed by atoms with van der Waals surface area (Å²) in [5.74, 6) is 0.479. The largest absolute Gasteiger partial charge is 0.444 e. The van der Waals surface area contributed by atoms with E-state index in [1.54, 1.807) is 11.9 Å². The maximum Gasteiger partial charge on any atom is 0.410 e. The molecule has 0 spiro atoms. The number of carbonyl (C=O) groups excluding carboxylic acids is 2. The van der Waals surface area contributed by atoms with Crippen molar-refractivity contribution in [1.82, 2.24) is 4.90 Å². The molecule has 0 aliphatic heterocycles. The lowest BCUT2D eigenvalue weighted by atomic mass is 9.77. The van der Waals surface area contributed by atoms with E-state index < -0.39 is 5.60 Å². The molecule has 0 aromatic rings. The number of hydrogen-bond acceptors (Lipinski definition) is 5. The summed E-state index contributed by atoms with van der Waals surface area (Å²) in [5, 5.41) is 9.43. The molecule has 1 rings (SSSR count). The molecule has 1 aliphatic carbocycles. The Bertz CT molecular complexity index is 1120. The normalized spacial score (nSPS) is 19.5. The molecule has 1 aliphatic rings. The summed E-state index contributed by atoms with van der Waals surface area (Å²) in [6.45, 7) is 29.1. The molecule has 6 nitrogen and oxygen atoms in total. The number of hydrogen-bond donors (Lipinski definition) is 0. The molecule has 0 radical (unpaired) electrons. The highest BCUT2D eigenvalue weighted by molar-refractivity contribution is 6.10. The molecule has 0 heterocycles. The number of ether oxygens (including phenoxy) is 1. The first-order valence-electron chi connectivity index (χ1n) is 14.8. The lowest BCUT2D eigenvalue weighted by Crippen LogP contribution is -2.44. The zero-order valence-corrected chi connectivity index (χ0v) is 27.1. The first-order valence-corrected chi connectivity index (χ1v) is 14.8. The maximum absolute atomic E-state index is 13.0. The predicted molar refractivity (Wildman–Crippen MR) is 171 cm³/mol. The fraction of sp³-hybridized carbons (Fsp3) is 0.600. The van der Waals surface area contributed by atoms with Crippen LogP contribution < -0.4 is 0 Å². The molecule has 0 bridgehead atoms. The van der Waals surface area contributed by atoms with Gasteiger partial charge in [0, 0.05) is 42.4 Å². The van der Waals surface area contributed by atoms with Crippen molar-refractivity contribution in [1.29, 1.82) is 5.26 Å². The van der Waals surface area contributed by atoms with Crippen molar-refractivity contribution in [2.24, 2.45) is 22.7 Å². The van der Waals surface area contributed by atoms with E-state index >= 15 is 0 Å². The van der Waals surface area contributed by atoms with Gasteiger partial charge in [-0.3, -0.25) is 9.79 Å². The lowest BCUT2D eigenvalue weighted by molar-refractivity contribution is -0.104. The average Bonchev–Trinajstić information content (AvgIpc) is 2.90. The Labute approximate surface area is 249 Å². The van der Waals surface area contributed by atoms with Gasteiger partial charge in [0.1, 0.15) is 5.60 Å². The summed E-state index contributed by atoms with van der Waals surface area (Å²) >= 11 is 0. The third-order valence-electron chi connectivity index (χ3n) is 7.45. The van der Waals surface area contributed by atoms with E-state index in [2.05, 4.69) is 44.6 Å². The van der Waals surface area contributed by atoms with Gasteiger partial charge < -0.3 is 9.64 Å². The van der Waals surface area contributed by atoms with Crippen molar-refractivity contribution < 1.29 is 14.3 Å². The van der Waals surface area contributed by atoms with Gasteiger partial charge in [0.25, 0.3) is 0 Å². The van der Waals surface area contributed by atoms with E-state index in [0.717, 1.165) is 54.3 Å². The summed E-state index contributed by atoms with van der Waals surface area (Å²) in [6, 6.07) is 2.31. The Hall–Kier alpha value is -3.20. The minimum Gasteiger partial charge on any atom is -0.444 e. The Kier molecular flexibility index (Phi) is 14.2. The first-order chi connectivity index (χ1) is 19.1. The first kappa shape index (κ1) is 35.8.